The molecule has 0 amide bonds. The van der Waals surface area contributed by atoms with Gasteiger partial charge in [0.05, 0.1) is 0 Å². The van der Waals surface area contributed by atoms with Crippen molar-refractivity contribution in [1.82, 2.24) is 0 Å². The van der Waals surface area contributed by atoms with Crippen LogP contribution < -0.4 is 28.7 Å². The van der Waals surface area contributed by atoms with Gasteiger partial charge in [0.15, 0.2) is 0 Å². The Labute approximate surface area is 53.0 Å². The SMILES string of the molecule is NCC(N)(N)C(N)(N)O. The van der Waals surface area contributed by atoms with E-state index in [9.17, 15) is 0 Å². The molecule has 0 aliphatic carbocycles. The van der Waals surface area contributed by atoms with Gasteiger partial charge in [0.25, 0.3) is 0 Å². The molecule has 0 saturated heterocycles. The molecule has 0 bridgehead atoms. The molecule has 0 aromatic heterocycles. The molecule has 0 heterocycles. The van der Waals surface area contributed by atoms with Crippen LogP contribution in [-0.4, -0.2) is 23.2 Å². The van der Waals surface area contributed by atoms with Gasteiger partial charge in [0, 0.05) is 6.54 Å². The average Bonchev–Trinajstić information content (AvgIpc) is 1.64. The molecule has 0 aliphatic heterocycles. The fraction of sp³-hybridized carbons (Fsp3) is 1.00. The van der Waals surface area contributed by atoms with Crippen LogP contribution in [0.3, 0.4) is 0 Å². The van der Waals surface area contributed by atoms with E-state index in [4.69, 9.17) is 33.8 Å². The van der Waals surface area contributed by atoms with E-state index >= 15 is 0 Å². The normalized spacial score (nSPS) is 14.0. The highest BCUT2D eigenvalue weighted by atomic mass is 16.3. The number of nitrogens with two attached hydrogens (primary N) is 5. The summed E-state index contributed by atoms with van der Waals surface area (Å²) in [5.74, 6) is -2.12. The molecule has 0 fully saturated rings. The number of hydrogen-bond donors (Lipinski definition) is 6. The smallest absolute Gasteiger partial charge is 0.200 e. The lowest BCUT2D eigenvalue weighted by molar-refractivity contribution is -0.0194. The molecule has 6 heteroatoms. The summed E-state index contributed by atoms with van der Waals surface area (Å²) in [5.41, 5.74) is 23.5. The van der Waals surface area contributed by atoms with E-state index in [1.54, 1.807) is 0 Å². The third-order valence-corrected chi connectivity index (χ3v) is 1.08. The molecular formula is C3H13N5O. The van der Waals surface area contributed by atoms with Gasteiger partial charge in [-0.05, 0) is 0 Å². The first-order valence-corrected chi connectivity index (χ1v) is 2.39. The van der Waals surface area contributed by atoms with Gasteiger partial charge >= 0.3 is 0 Å². The molecule has 0 saturated carbocycles. The number of hydrogen-bond acceptors (Lipinski definition) is 6. The number of rotatable bonds is 2. The maximum Gasteiger partial charge on any atom is 0.200 e. The Morgan fingerprint density at radius 1 is 1.11 bits per heavy atom. The zero-order chi connectivity index (χ0) is 7.71. The van der Waals surface area contributed by atoms with Crippen molar-refractivity contribution in [3.63, 3.8) is 0 Å². The molecular weight excluding hydrogens is 122 g/mol. The van der Waals surface area contributed by atoms with Crippen molar-refractivity contribution in [3.05, 3.63) is 0 Å². The molecule has 0 aromatic rings. The molecule has 0 aliphatic rings. The highest BCUT2D eigenvalue weighted by molar-refractivity contribution is 4.91. The first-order chi connectivity index (χ1) is 3.81. The van der Waals surface area contributed by atoms with Crippen molar-refractivity contribution >= 4 is 0 Å². The third-order valence-electron chi connectivity index (χ3n) is 1.08. The highest BCUT2D eigenvalue weighted by Crippen LogP contribution is 1.97. The summed E-state index contributed by atoms with van der Waals surface area (Å²) in [5, 5.41) is 8.77. The van der Waals surface area contributed by atoms with Crippen molar-refractivity contribution in [2.75, 3.05) is 6.54 Å². The van der Waals surface area contributed by atoms with E-state index in [1.165, 1.54) is 0 Å². The van der Waals surface area contributed by atoms with Crippen LogP contribution in [0.1, 0.15) is 0 Å². The van der Waals surface area contributed by atoms with Crippen LogP contribution >= 0.6 is 0 Å². The third kappa shape index (κ3) is 1.86. The summed E-state index contributed by atoms with van der Waals surface area (Å²) >= 11 is 0. The number of aliphatic hydroxyl groups is 1. The minimum Gasteiger partial charge on any atom is -0.361 e. The summed E-state index contributed by atoms with van der Waals surface area (Å²) in [7, 11) is 0. The first-order valence-electron chi connectivity index (χ1n) is 2.39. The van der Waals surface area contributed by atoms with Crippen LogP contribution in [0.2, 0.25) is 0 Å². The zero-order valence-electron chi connectivity index (χ0n) is 5.04. The van der Waals surface area contributed by atoms with Gasteiger partial charge in [0.1, 0.15) is 5.66 Å². The van der Waals surface area contributed by atoms with Crippen LogP contribution in [0.5, 0.6) is 0 Å². The maximum absolute atomic E-state index is 8.77. The van der Waals surface area contributed by atoms with Crippen LogP contribution in [0.25, 0.3) is 0 Å². The zero-order valence-corrected chi connectivity index (χ0v) is 5.04. The molecule has 9 heavy (non-hydrogen) atoms. The summed E-state index contributed by atoms with van der Waals surface area (Å²) < 4.78 is 0. The van der Waals surface area contributed by atoms with Crippen LogP contribution in [-0.2, 0) is 0 Å². The Bertz CT molecular complexity index is 94.9. The largest absolute Gasteiger partial charge is 0.361 e. The lowest BCUT2D eigenvalue weighted by atomic mass is 10.1. The van der Waals surface area contributed by atoms with E-state index in [-0.39, 0.29) is 6.54 Å². The summed E-state index contributed by atoms with van der Waals surface area (Å²) in [6.45, 7) is -0.184. The second kappa shape index (κ2) is 2.18. The lowest BCUT2D eigenvalue weighted by Crippen LogP contribution is -2.78. The molecule has 0 atom stereocenters. The Morgan fingerprint density at radius 3 is 1.44 bits per heavy atom. The van der Waals surface area contributed by atoms with Crippen molar-refractivity contribution in [3.8, 4) is 0 Å². The van der Waals surface area contributed by atoms with Crippen LogP contribution in [0, 0.1) is 0 Å². The van der Waals surface area contributed by atoms with E-state index in [2.05, 4.69) is 0 Å². The van der Waals surface area contributed by atoms with Gasteiger partial charge in [-0.2, -0.15) is 0 Å². The van der Waals surface area contributed by atoms with E-state index in [0.29, 0.717) is 0 Å². The molecule has 0 aromatic carbocycles. The molecule has 0 rings (SSSR count). The highest BCUT2D eigenvalue weighted by Gasteiger charge is 2.36. The van der Waals surface area contributed by atoms with Crippen molar-refractivity contribution in [2.45, 2.75) is 11.5 Å². The molecule has 0 radical (unpaired) electrons. The van der Waals surface area contributed by atoms with E-state index < -0.39 is 11.5 Å². The second-order valence-electron chi connectivity index (χ2n) is 2.07. The van der Waals surface area contributed by atoms with Gasteiger partial charge in [-0.25, -0.2) is 0 Å². The average molecular weight is 135 g/mol. The van der Waals surface area contributed by atoms with Crippen LogP contribution in [0.15, 0.2) is 0 Å². The summed E-state index contributed by atoms with van der Waals surface area (Å²) in [6, 6.07) is 0. The molecule has 56 valence electrons. The van der Waals surface area contributed by atoms with Gasteiger partial charge in [0.2, 0.25) is 5.85 Å². The predicted molar refractivity (Wildman–Crippen MR) is 33.5 cm³/mol. The fourth-order valence-corrected chi connectivity index (χ4v) is 0.163. The van der Waals surface area contributed by atoms with Gasteiger partial charge in [-0.15, -0.1) is 0 Å². The quantitative estimate of drug-likeness (QED) is 0.213. The second-order valence-corrected chi connectivity index (χ2v) is 2.07. The standard InChI is InChI=1S/C3H13N5O/c4-1-2(5,6)3(7,8)9/h9H,1,4-8H2. The van der Waals surface area contributed by atoms with Crippen LogP contribution in [0.4, 0.5) is 0 Å². The minimum atomic E-state index is -2.12. The van der Waals surface area contributed by atoms with Gasteiger partial charge in [-0.1, -0.05) is 0 Å². The monoisotopic (exact) mass is 135 g/mol. The first kappa shape index (κ1) is 8.76. The lowest BCUT2D eigenvalue weighted by Gasteiger charge is -2.33. The Morgan fingerprint density at radius 2 is 1.44 bits per heavy atom. The summed E-state index contributed by atoms with van der Waals surface area (Å²) in [6.07, 6.45) is 0. The van der Waals surface area contributed by atoms with E-state index in [0.717, 1.165) is 0 Å². The molecule has 0 unspecified atom stereocenters. The predicted octanol–water partition coefficient (Wildman–Crippen LogP) is -3.88. The van der Waals surface area contributed by atoms with Crippen molar-refractivity contribution < 1.29 is 5.11 Å². The Kier molecular flexibility index (Phi) is 2.12. The van der Waals surface area contributed by atoms with Gasteiger partial charge in [-0.3, -0.25) is 11.5 Å². The van der Waals surface area contributed by atoms with Crippen molar-refractivity contribution in [2.24, 2.45) is 28.7 Å². The Hall–Kier alpha value is -0.240. The maximum atomic E-state index is 8.77. The van der Waals surface area contributed by atoms with Gasteiger partial charge < -0.3 is 22.3 Å². The Balaban J connectivity index is 4.14. The molecule has 11 N–H and O–H groups in total. The molecule has 0 spiro atoms. The topological polar surface area (TPSA) is 150 Å². The summed E-state index contributed by atoms with van der Waals surface area (Å²) in [4.78, 5) is 0. The fourth-order valence-electron chi connectivity index (χ4n) is 0.163. The minimum absolute atomic E-state index is 0.184. The van der Waals surface area contributed by atoms with E-state index in [1.807, 2.05) is 0 Å². The van der Waals surface area contributed by atoms with Crippen molar-refractivity contribution in [1.29, 1.82) is 0 Å². The molecule has 6 nitrogen and oxygen atoms in total.